The predicted octanol–water partition coefficient (Wildman–Crippen LogP) is 3.97. The lowest BCUT2D eigenvalue weighted by Gasteiger charge is -2.34. The summed E-state index contributed by atoms with van der Waals surface area (Å²) >= 11 is 0. The molecule has 6 rings (SSSR count). The van der Waals surface area contributed by atoms with Crippen molar-refractivity contribution in [2.24, 2.45) is 7.05 Å². The molecule has 2 aromatic carbocycles. The largest absolute Gasteiger partial charge is 0.457 e. The van der Waals surface area contributed by atoms with Gasteiger partial charge in [-0.25, -0.2) is 9.50 Å². The number of aliphatic hydroxyl groups is 1. The van der Waals surface area contributed by atoms with Gasteiger partial charge in [-0.1, -0.05) is 12.1 Å². The number of nitrogens with zero attached hydrogens (tertiary/aromatic N) is 6. The van der Waals surface area contributed by atoms with E-state index in [0.29, 0.717) is 43.4 Å². The Morgan fingerprint density at radius 1 is 1.20 bits per heavy atom. The van der Waals surface area contributed by atoms with Crippen molar-refractivity contribution in [3.63, 3.8) is 0 Å². The number of amides is 1. The highest BCUT2D eigenvalue weighted by atomic mass is 19.3. The molecule has 14 heteroatoms. The van der Waals surface area contributed by atoms with Crippen LogP contribution in [0.3, 0.4) is 0 Å². The minimum atomic E-state index is -3.09. The van der Waals surface area contributed by atoms with Crippen LogP contribution >= 0.6 is 0 Å². The number of carbonyl (C=O) groups excluding carboxylic acids is 1. The van der Waals surface area contributed by atoms with Gasteiger partial charge in [0.25, 0.3) is 5.91 Å². The maximum Gasteiger partial charge on any atom is 0.387 e. The summed E-state index contributed by atoms with van der Waals surface area (Å²) in [5.41, 5.74) is 2.20. The van der Waals surface area contributed by atoms with Gasteiger partial charge in [0.2, 0.25) is 0 Å². The molecule has 5 aromatic rings. The molecule has 44 heavy (non-hydrogen) atoms. The van der Waals surface area contributed by atoms with Crippen LogP contribution < -0.4 is 14.8 Å². The summed E-state index contributed by atoms with van der Waals surface area (Å²) in [7, 11) is 1.64. The van der Waals surface area contributed by atoms with Crippen molar-refractivity contribution in [3.05, 3.63) is 84.4 Å². The second-order valence-corrected chi connectivity index (χ2v) is 10.1. The molecular formula is C30H29F2N7O5. The Morgan fingerprint density at radius 2 is 2.07 bits per heavy atom. The van der Waals surface area contributed by atoms with Crippen molar-refractivity contribution in [3.8, 4) is 28.5 Å². The molecule has 0 aliphatic carbocycles. The van der Waals surface area contributed by atoms with E-state index in [2.05, 4.69) is 25.4 Å². The molecule has 1 fully saturated rings. The number of rotatable bonds is 10. The van der Waals surface area contributed by atoms with E-state index >= 15 is 0 Å². The Morgan fingerprint density at radius 3 is 2.91 bits per heavy atom. The number of benzene rings is 2. The molecule has 3 aromatic heterocycles. The summed E-state index contributed by atoms with van der Waals surface area (Å²) in [5, 5.41) is 21.1. The van der Waals surface area contributed by atoms with Crippen molar-refractivity contribution >= 4 is 17.2 Å². The number of alkyl halides is 2. The summed E-state index contributed by atoms with van der Waals surface area (Å²) in [6, 6.07) is 13.5. The van der Waals surface area contributed by atoms with E-state index in [1.54, 1.807) is 37.8 Å². The molecule has 1 amide bonds. The Kier molecular flexibility index (Phi) is 8.45. The molecule has 1 saturated heterocycles. The van der Waals surface area contributed by atoms with Crippen molar-refractivity contribution in [2.75, 3.05) is 31.7 Å². The summed E-state index contributed by atoms with van der Waals surface area (Å²) in [6.07, 6.45) is 6.16. The van der Waals surface area contributed by atoms with Gasteiger partial charge < -0.3 is 24.6 Å². The van der Waals surface area contributed by atoms with Crippen LogP contribution in [0, 0.1) is 0 Å². The molecule has 228 valence electrons. The van der Waals surface area contributed by atoms with E-state index in [1.807, 2.05) is 18.2 Å². The zero-order valence-electron chi connectivity index (χ0n) is 23.6. The molecule has 1 aliphatic heterocycles. The molecule has 0 spiro atoms. The fourth-order valence-electron chi connectivity index (χ4n) is 5.06. The van der Waals surface area contributed by atoms with E-state index in [1.165, 1.54) is 33.6 Å². The van der Waals surface area contributed by atoms with Crippen LogP contribution in [0.1, 0.15) is 15.9 Å². The molecule has 4 heterocycles. The van der Waals surface area contributed by atoms with Crippen LogP contribution in [0.5, 0.6) is 17.2 Å². The van der Waals surface area contributed by atoms with Crippen LogP contribution in [0.4, 0.5) is 14.5 Å². The van der Waals surface area contributed by atoms with Gasteiger partial charge in [0.15, 0.2) is 5.65 Å². The summed E-state index contributed by atoms with van der Waals surface area (Å²) in [4.78, 5) is 19.6. The normalized spacial score (nSPS) is 15.5. The number of hydrogen-bond acceptors (Lipinski definition) is 9. The smallest absolute Gasteiger partial charge is 0.387 e. The molecule has 0 saturated carbocycles. The van der Waals surface area contributed by atoms with Crippen LogP contribution in [0.2, 0.25) is 0 Å². The van der Waals surface area contributed by atoms with E-state index in [-0.39, 0.29) is 40.9 Å². The van der Waals surface area contributed by atoms with Gasteiger partial charge in [-0.15, -0.1) is 0 Å². The second-order valence-electron chi connectivity index (χ2n) is 10.1. The number of nitrogens with one attached hydrogen (secondary N) is 1. The van der Waals surface area contributed by atoms with Crippen LogP contribution in [0.25, 0.3) is 16.9 Å². The number of carbonyl (C=O) groups is 1. The number of fused-ring (bicyclic) bond motifs is 1. The minimum Gasteiger partial charge on any atom is -0.457 e. The third-order valence-corrected chi connectivity index (χ3v) is 7.10. The topological polar surface area (TPSA) is 128 Å². The number of halogens is 2. The number of aliphatic hydroxyl groups excluding tert-OH is 1. The van der Waals surface area contributed by atoms with Gasteiger partial charge >= 0.3 is 6.61 Å². The third kappa shape index (κ3) is 6.37. The van der Waals surface area contributed by atoms with Crippen molar-refractivity contribution in [1.82, 2.24) is 29.3 Å². The zero-order valence-corrected chi connectivity index (χ0v) is 23.6. The minimum absolute atomic E-state index is 0.00194. The Bertz CT molecular complexity index is 1780. The first-order valence-electron chi connectivity index (χ1n) is 13.8. The van der Waals surface area contributed by atoms with Gasteiger partial charge in [0.05, 0.1) is 43.3 Å². The van der Waals surface area contributed by atoms with Gasteiger partial charge in [-0.3, -0.25) is 14.4 Å². The number of anilines is 1. The second kappa shape index (κ2) is 12.8. The summed E-state index contributed by atoms with van der Waals surface area (Å²) in [5.74, 6) is 0.223. The van der Waals surface area contributed by atoms with Gasteiger partial charge in [0, 0.05) is 38.7 Å². The maximum absolute atomic E-state index is 13.4. The Balaban J connectivity index is 1.28. The first kappa shape index (κ1) is 29.2. The maximum atomic E-state index is 13.4. The van der Waals surface area contributed by atoms with Gasteiger partial charge in [-0.2, -0.15) is 19.0 Å². The van der Waals surface area contributed by atoms with Crippen LogP contribution in [-0.4, -0.2) is 79.3 Å². The van der Waals surface area contributed by atoms with Crippen LogP contribution in [-0.2, 0) is 18.3 Å². The number of aryl methyl sites for hydroxylation is 1. The highest BCUT2D eigenvalue weighted by molar-refractivity contribution is 6.09. The molecule has 1 aliphatic rings. The molecule has 0 radical (unpaired) electrons. The predicted molar refractivity (Wildman–Crippen MR) is 155 cm³/mol. The molecule has 0 unspecified atom stereocenters. The van der Waals surface area contributed by atoms with Crippen molar-refractivity contribution < 1.29 is 32.9 Å². The third-order valence-electron chi connectivity index (χ3n) is 7.10. The molecule has 12 nitrogen and oxygen atoms in total. The van der Waals surface area contributed by atoms with Crippen molar-refractivity contribution in [2.45, 2.75) is 19.2 Å². The average Bonchev–Trinajstić information content (AvgIpc) is 3.61. The van der Waals surface area contributed by atoms with Gasteiger partial charge in [-0.05, 0) is 42.0 Å². The molecular weight excluding hydrogens is 576 g/mol. The SMILES string of the molecule is Cn1cc(NC(=O)c2cnn3cccnc23)c(-c2cc(Oc3cccc(CN4CCOC[C@@H]4CO)c3)ccc2OC(F)F)n1. The van der Waals surface area contributed by atoms with E-state index in [4.69, 9.17) is 14.2 Å². The first-order valence-corrected chi connectivity index (χ1v) is 13.8. The molecule has 1 atom stereocenters. The average molecular weight is 606 g/mol. The van der Waals surface area contributed by atoms with Crippen molar-refractivity contribution in [1.29, 1.82) is 0 Å². The summed E-state index contributed by atoms with van der Waals surface area (Å²) in [6.45, 7) is -0.743. The fourth-order valence-corrected chi connectivity index (χ4v) is 5.06. The first-order chi connectivity index (χ1) is 21.4. The Labute approximate surface area is 250 Å². The Hall–Kier alpha value is -4.92. The standard InChI is InChI=1S/C30H29F2N7O5/c1-37-16-25(35-29(41)24-14-34-39-9-3-8-33-28(24)39)27(36-37)23-13-22(6-7-26(23)44-30(31)32)43-21-5-2-4-19(12-21)15-38-10-11-42-18-20(38)17-40/h2-9,12-14,16,20,30,40H,10-11,15,17-18H2,1H3,(H,35,41)/t20-/m0/s1. The highest BCUT2D eigenvalue weighted by Crippen LogP contribution is 2.39. The lowest BCUT2D eigenvalue weighted by molar-refractivity contribution is -0.0495. The highest BCUT2D eigenvalue weighted by Gasteiger charge is 2.24. The van der Waals surface area contributed by atoms with E-state index < -0.39 is 12.5 Å². The number of hydrogen-bond donors (Lipinski definition) is 2. The van der Waals surface area contributed by atoms with Crippen LogP contribution in [0.15, 0.2) is 73.3 Å². The lowest BCUT2D eigenvalue weighted by Crippen LogP contribution is -2.46. The lowest BCUT2D eigenvalue weighted by atomic mass is 10.1. The zero-order chi connectivity index (χ0) is 30.6. The quantitative estimate of drug-likeness (QED) is 0.243. The van der Waals surface area contributed by atoms with E-state index in [9.17, 15) is 18.7 Å². The summed E-state index contributed by atoms with van der Waals surface area (Å²) < 4.78 is 46.2. The van der Waals surface area contributed by atoms with E-state index in [0.717, 1.165) is 5.56 Å². The number of ether oxygens (including phenoxy) is 3. The number of aromatic nitrogens is 5. The fraction of sp³-hybridized carbons (Fsp3) is 0.267. The monoisotopic (exact) mass is 605 g/mol. The number of morpholine rings is 1. The molecule has 0 bridgehead atoms. The van der Waals surface area contributed by atoms with Gasteiger partial charge in [0.1, 0.15) is 28.5 Å². The molecule has 2 N–H and O–H groups in total.